The van der Waals surface area contributed by atoms with E-state index in [-0.39, 0.29) is 10.4 Å². The van der Waals surface area contributed by atoms with E-state index in [1.807, 2.05) is 6.07 Å². The topological polar surface area (TPSA) is 48.5 Å². The van der Waals surface area contributed by atoms with Gasteiger partial charge in [-0.15, -0.1) is 11.3 Å². The fourth-order valence-corrected chi connectivity index (χ4v) is 15.0. The molecule has 0 N–H and O–H groups in total. The first-order chi connectivity index (χ1) is 51.4. The van der Waals surface area contributed by atoms with Crippen LogP contribution in [0.25, 0.3) is 109 Å². The molecule has 1 unspecified atom stereocenters. The van der Waals surface area contributed by atoms with Crippen molar-refractivity contribution in [2.75, 3.05) is 0 Å². The molecule has 0 aliphatic rings. The standard InChI is InChI=1S/C69H45N5SSi/c1-3-20-46(21-4-1)47-38-40-50(41-39-47)76(49-23-5-2-6-24-49,52-42-43-66-59(45-52)57-30-12-18-37-65(57)75-66)51-25-19-22-48(44-51)67-70-68(72-69(71-67)74-62-34-15-9-28-55(62)56-29-10-16-35-63(56)74)58-31-11-17-36-64(58)73-60-32-13-7-26-53(60)54-27-8-14-33-61(54)73/h1-45H/i1D,3D,4D,7D,8D,9D,10D,11D,13D,14D,15D,16D,17D,19D,20D,21D,22D,25D,26D,27D,28D,29D,31D,32D,33D,34D,35D,36D,38D,39D,40D,41D,44D. The second-order valence-corrected chi connectivity index (χ2v) is 21.7. The smallest absolute Gasteiger partial charge is 0.238 e. The molecule has 1 atom stereocenters. The maximum atomic E-state index is 11.0. The lowest BCUT2D eigenvalue weighted by atomic mass is 10.1. The van der Waals surface area contributed by atoms with Gasteiger partial charge in [0.05, 0.1) is 73.0 Å². The quantitative estimate of drug-likeness (QED) is 0.107. The van der Waals surface area contributed by atoms with E-state index in [9.17, 15) is 27.4 Å². The number of fused-ring (bicyclic) bond motifs is 9. The molecule has 15 rings (SSSR count). The number of rotatable bonds is 9. The third kappa shape index (κ3) is 6.94. The van der Waals surface area contributed by atoms with Crippen molar-refractivity contribution in [3.05, 3.63) is 272 Å². The number of hydrogen-bond donors (Lipinski definition) is 0. The molecule has 356 valence electrons. The Kier molecular flexibility index (Phi) is 5.20. The number of hydrogen-bond acceptors (Lipinski definition) is 4. The Balaban J connectivity index is 1.18. The van der Waals surface area contributed by atoms with Gasteiger partial charge in [-0.25, -0.2) is 4.98 Å². The highest BCUT2D eigenvalue weighted by molar-refractivity contribution is 7.26. The van der Waals surface area contributed by atoms with E-state index in [4.69, 9.17) is 32.8 Å². The minimum Gasteiger partial charge on any atom is -0.309 e. The number of nitrogens with zero attached hydrogens (tertiary/aromatic N) is 5. The Hall–Kier alpha value is -9.53. The fourth-order valence-electron chi connectivity index (χ4n) is 9.75. The van der Waals surface area contributed by atoms with Gasteiger partial charge in [0, 0.05) is 52.8 Å². The molecule has 0 aliphatic carbocycles. The summed E-state index contributed by atoms with van der Waals surface area (Å²) in [5.74, 6) is -3.14. The predicted octanol–water partition coefficient (Wildman–Crippen LogP) is 14.8. The fraction of sp³-hybridized carbons (Fsp3) is 0. The highest BCUT2D eigenvalue weighted by atomic mass is 32.1. The van der Waals surface area contributed by atoms with Crippen molar-refractivity contribution < 1.29 is 45.2 Å². The summed E-state index contributed by atoms with van der Waals surface area (Å²) in [7, 11) is -5.41. The molecule has 0 aliphatic heterocycles. The molecule has 15 aromatic rings. The van der Waals surface area contributed by atoms with Crippen LogP contribution in [0.5, 0.6) is 0 Å². The molecule has 0 amide bonds. The van der Waals surface area contributed by atoms with E-state index in [1.165, 1.54) is 35.6 Å². The van der Waals surface area contributed by atoms with E-state index < -0.39 is 307 Å². The molecule has 76 heavy (non-hydrogen) atoms. The Bertz CT molecular complexity index is 6530. The van der Waals surface area contributed by atoms with Crippen LogP contribution < -0.4 is 20.7 Å². The van der Waals surface area contributed by atoms with Gasteiger partial charge in [-0.1, -0.05) is 224 Å². The van der Waals surface area contributed by atoms with Gasteiger partial charge in [0.2, 0.25) is 5.95 Å². The Labute approximate surface area is 490 Å². The predicted molar refractivity (Wildman–Crippen MR) is 321 cm³/mol. The van der Waals surface area contributed by atoms with Crippen molar-refractivity contribution in [1.82, 2.24) is 24.1 Å². The van der Waals surface area contributed by atoms with Gasteiger partial charge in [0.1, 0.15) is 0 Å². The van der Waals surface area contributed by atoms with Crippen LogP contribution >= 0.6 is 11.3 Å². The van der Waals surface area contributed by atoms with Crippen LogP contribution in [-0.2, 0) is 0 Å². The van der Waals surface area contributed by atoms with Crippen LogP contribution in [0.2, 0.25) is 0 Å². The molecule has 0 fully saturated rings. The van der Waals surface area contributed by atoms with Crippen LogP contribution in [0, 0.1) is 0 Å². The van der Waals surface area contributed by atoms with Gasteiger partial charge in [-0.2, -0.15) is 9.97 Å². The molecule has 4 heterocycles. The first kappa shape index (κ1) is 22.1. The van der Waals surface area contributed by atoms with Gasteiger partial charge in [-0.05, 0) is 80.3 Å². The summed E-state index contributed by atoms with van der Waals surface area (Å²) in [6.07, 6.45) is 0. The lowest BCUT2D eigenvalue weighted by Gasteiger charge is -2.35. The highest BCUT2D eigenvalue weighted by Gasteiger charge is 2.42. The summed E-state index contributed by atoms with van der Waals surface area (Å²) < 4.78 is 314. The Morgan fingerprint density at radius 1 is 0.355 bits per heavy atom. The number of benzene rings is 11. The zero-order valence-corrected chi connectivity index (χ0v) is 40.4. The SMILES string of the molecule is [2H]c1c([2H])c([2H])c(-c2c([2H])c([2H])c([Si](c3ccccc3)(c3ccc4sc5ccccc5c4c3)c3c([2H])c([2H])c([2H])c(-c4nc(-c5c([2H])c([2H])c([2H])c([2H])c5-n5c6c([2H])c([2H])c([2H])c([2H])c6c6c([2H])c([2H])c([2H])c([2H])c65)nc(-n5c6c([2H])c([2H])c([2H])c([2H])c6c6c([2H])c([2H])c([2H])c([2H])c65)n4)c3[2H])c([2H])c2[2H])c([2H])c1[2H]. The molecular weight excluding hydrogens is 959 g/mol. The van der Waals surface area contributed by atoms with Crippen molar-refractivity contribution >= 4 is 104 Å². The average molecular weight is 1040 g/mol. The molecule has 11 aromatic carbocycles. The highest BCUT2D eigenvalue weighted by Crippen LogP contribution is 2.38. The Morgan fingerprint density at radius 3 is 1.61 bits per heavy atom. The number of para-hydroxylation sites is 5. The van der Waals surface area contributed by atoms with Gasteiger partial charge in [0.15, 0.2) is 19.7 Å². The molecule has 0 saturated carbocycles. The lowest BCUT2D eigenvalue weighted by molar-refractivity contribution is 0.952. The van der Waals surface area contributed by atoms with Gasteiger partial charge in [0.25, 0.3) is 0 Å². The van der Waals surface area contributed by atoms with Crippen molar-refractivity contribution in [3.63, 3.8) is 0 Å². The van der Waals surface area contributed by atoms with Crippen molar-refractivity contribution in [2.24, 2.45) is 0 Å². The average Bonchev–Trinajstić information content (AvgIpc) is 1.70. The van der Waals surface area contributed by atoms with Crippen LogP contribution in [0.1, 0.15) is 45.2 Å². The molecule has 0 saturated heterocycles. The molecule has 4 aromatic heterocycles. The third-order valence-corrected chi connectivity index (χ3v) is 18.5. The van der Waals surface area contributed by atoms with E-state index in [1.54, 1.807) is 42.5 Å². The summed E-state index contributed by atoms with van der Waals surface area (Å²) in [5.41, 5.74) is -7.10. The molecule has 0 spiro atoms. The summed E-state index contributed by atoms with van der Waals surface area (Å²) >= 11 is 1.36. The summed E-state index contributed by atoms with van der Waals surface area (Å²) in [5, 5.41) is -2.18. The van der Waals surface area contributed by atoms with E-state index in [2.05, 4.69) is 0 Å². The van der Waals surface area contributed by atoms with Gasteiger partial charge < -0.3 is 4.57 Å². The zero-order chi connectivity index (χ0) is 78.9. The second kappa shape index (κ2) is 17.8. The van der Waals surface area contributed by atoms with Gasteiger partial charge in [-0.3, -0.25) is 4.57 Å². The van der Waals surface area contributed by atoms with E-state index >= 15 is 0 Å². The van der Waals surface area contributed by atoms with E-state index in [0.717, 1.165) is 13.8 Å². The minimum absolute atomic E-state index is 0.0629. The zero-order valence-electron chi connectivity index (χ0n) is 71.6. The van der Waals surface area contributed by atoms with Crippen molar-refractivity contribution in [3.8, 4) is 45.5 Å². The van der Waals surface area contributed by atoms with Crippen LogP contribution in [0.3, 0.4) is 0 Å². The van der Waals surface area contributed by atoms with Crippen LogP contribution in [-0.4, -0.2) is 32.2 Å². The largest absolute Gasteiger partial charge is 0.309 e. The lowest BCUT2D eigenvalue weighted by Crippen LogP contribution is -2.74. The number of thiophene rings is 1. The van der Waals surface area contributed by atoms with Crippen LogP contribution in [0.15, 0.2) is 272 Å². The summed E-state index contributed by atoms with van der Waals surface area (Å²) in [6.45, 7) is 0. The maximum absolute atomic E-state index is 11.0. The van der Waals surface area contributed by atoms with Crippen molar-refractivity contribution in [1.29, 1.82) is 0 Å². The molecule has 5 nitrogen and oxygen atoms in total. The minimum atomic E-state index is -5.41. The molecule has 0 radical (unpaired) electrons. The summed E-state index contributed by atoms with van der Waals surface area (Å²) in [4.78, 5) is 14.4. The van der Waals surface area contributed by atoms with E-state index in [0.29, 0.717) is 15.5 Å². The normalized spacial score (nSPS) is 18.7. The van der Waals surface area contributed by atoms with Crippen LogP contribution in [0.4, 0.5) is 0 Å². The number of aromatic nitrogens is 5. The first-order valence-corrected chi connectivity index (χ1v) is 25.9. The van der Waals surface area contributed by atoms with Gasteiger partial charge >= 0.3 is 0 Å². The summed E-state index contributed by atoms with van der Waals surface area (Å²) in [6, 6.07) is -12.0. The second-order valence-electron chi connectivity index (χ2n) is 17.0. The molecule has 7 heteroatoms. The third-order valence-electron chi connectivity index (χ3n) is 13.0. The van der Waals surface area contributed by atoms with Crippen molar-refractivity contribution in [2.45, 2.75) is 0 Å². The Morgan fingerprint density at radius 2 is 0.908 bits per heavy atom. The first-order valence-electron chi connectivity index (χ1n) is 39.6. The maximum Gasteiger partial charge on any atom is 0.238 e. The molecular formula is C69H45N5SSi. The monoisotopic (exact) mass is 1040 g/mol. The molecule has 0 bridgehead atoms.